The summed E-state index contributed by atoms with van der Waals surface area (Å²) in [4.78, 5) is 20.7. The predicted molar refractivity (Wildman–Crippen MR) is 85.4 cm³/mol. The second-order valence-electron chi connectivity index (χ2n) is 5.59. The van der Waals surface area contributed by atoms with Crippen molar-refractivity contribution in [1.82, 2.24) is 15.3 Å². The minimum absolute atomic E-state index is 0.128. The third-order valence-corrected chi connectivity index (χ3v) is 3.97. The minimum atomic E-state index is -0.237. The lowest BCUT2D eigenvalue weighted by atomic mass is 10.1. The Morgan fingerprint density at radius 3 is 3.12 bits per heavy atom. The lowest BCUT2D eigenvalue weighted by Crippen LogP contribution is -2.50. The highest BCUT2D eigenvalue weighted by Gasteiger charge is 2.29. The number of aromatic nitrogens is 2. The molecular formula is C17H21N3O4. The largest absolute Gasteiger partial charge is 0.448 e. The maximum atomic E-state index is 12.4. The number of nitrogens with zero attached hydrogens (tertiary/aromatic N) is 2. The molecule has 2 aromatic heterocycles. The van der Waals surface area contributed by atoms with Crippen LogP contribution in [0.15, 0.2) is 35.2 Å². The molecule has 2 aromatic rings. The molecule has 1 fully saturated rings. The number of hydrogen-bond acceptors (Lipinski definition) is 6. The van der Waals surface area contributed by atoms with Gasteiger partial charge in [0, 0.05) is 19.2 Å². The molecule has 1 aliphatic rings. The normalized spacial score (nSPS) is 20.7. The molecule has 0 aromatic carbocycles. The van der Waals surface area contributed by atoms with Gasteiger partial charge < -0.3 is 19.2 Å². The average molecular weight is 331 g/mol. The summed E-state index contributed by atoms with van der Waals surface area (Å²) >= 11 is 0. The number of ether oxygens (including phenoxy) is 2. The molecule has 1 N–H and O–H groups in total. The van der Waals surface area contributed by atoms with E-state index in [9.17, 15) is 4.79 Å². The van der Waals surface area contributed by atoms with E-state index in [1.54, 1.807) is 6.20 Å². The van der Waals surface area contributed by atoms with E-state index in [-0.39, 0.29) is 18.1 Å². The van der Waals surface area contributed by atoms with Crippen LogP contribution in [0.1, 0.15) is 35.3 Å². The number of amides is 1. The van der Waals surface area contributed by atoms with Crippen LogP contribution in [0.5, 0.6) is 0 Å². The van der Waals surface area contributed by atoms with Gasteiger partial charge in [-0.2, -0.15) is 0 Å². The van der Waals surface area contributed by atoms with Crippen molar-refractivity contribution in [3.63, 3.8) is 0 Å². The molecular weight excluding hydrogens is 310 g/mol. The van der Waals surface area contributed by atoms with Crippen LogP contribution in [0, 0.1) is 0 Å². The molecule has 0 radical (unpaired) electrons. The summed E-state index contributed by atoms with van der Waals surface area (Å²) in [6.45, 7) is 3.33. The summed E-state index contributed by atoms with van der Waals surface area (Å²) in [6, 6.07) is 5.55. The van der Waals surface area contributed by atoms with Crippen molar-refractivity contribution in [2.45, 2.75) is 38.5 Å². The first-order valence-corrected chi connectivity index (χ1v) is 8.10. The van der Waals surface area contributed by atoms with Crippen LogP contribution in [0.3, 0.4) is 0 Å². The molecule has 1 aliphatic heterocycles. The molecule has 2 atom stereocenters. The zero-order chi connectivity index (χ0) is 16.8. The van der Waals surface area contributed by atoms with E-state index >= 15 is 0 Å². The Morgan fingerprint density at radius 1 is 1.42 bits per heavy atom. The van der Waals surface area contributed by atoms with E-state index in [4.69, 9.17) is 13.9 Å². The fourth-order valence-electron chi connectivity index (χ4n) is 2.66. The summed E-state index contributed by atoms with van der Waals surface area (Å²) in [5.74, 6) is 0.351. The van der Waals surface area contributed by atoms with E-state index in [1.165, 1.54) is 6.39 Å². The second kappa shape index (κ2) is 8.03. The summed E-state index contributed by atoms with van der Waals surface area (Å²) in [5.41, 5.74) is 1.19. The van der Waals surface area contributed by atoms with Crippen molar-refractivity contribution in [3.8, 4) is 0 Å². The van der Waals surface area contributed by atoms with Gasteiger partial charge in [0.15, 0.2) is 12.1 Å². The Morgan fingerprint density at radius 2 is 2.33 bits per heavy atom. The van der Waals surface area contributed by atoms with Crippen LogP contribution in [-0.2, 0) is 22.5 Å². The number of oxazole rings is 1. The summed E-state index contributed by atoms with van der Waals surface area (Å²) in [7, 11) is 0. The monoisotopic (exact) mass is 331 g/mol. The van der Waals surface area contributed by atoms with Gasteiger partial charge in [-0.3, -0.25) is 9.78 Å². The Kier molecular flexibility index (Phi) is 5.55. The summed E-state index contributed by atoms with van der Waals surface area (Å²) < 4.78 is 16.6. The summed E-state index contributed by atoms with van der Waals surface area (Å²) in [6.07, 6.45) is 4.12. The number of rotatable bonds is 6. The fraction of sp³-hybridized carbons (Fsp3) is 0.471. The standard InChI is InChI=1S/C17H21N3O4/c1-2-14-16(19-11-24-14)17(21)20-13-6-8-22-10-15(13)23-9-12-5-3-4-7-18-12/h3-5,7,11,13,15H,2,6,8-10H2,1H3,(H,20,21)/t13-,15-/m1/s1. The third-order valence-electron chi connectivity index (χ3n) is 3.97. The first kappa shape index (κ1) is 16.6. The topological polar surface area (TPSA) is 86.5 Å². The van der Waals surface area contributed by atoms with Crippen LogP contribution < -0.4 is 5.32 Å². The second-order valence-corrected chi connectivity index (χ2v) is 5.59. The molecule has 0 spiro atoms. The van der Waals surface area contributed by atoms with Gasteiger partial charge in [0.1, 0.15) is 11.9 Å². The lowest BCUT2D eigenvalue weighted by Gasteiger charge is -2.31. The van der Waals surface area contributed by atoms with Crippen molar-refractivity contribution in [3.05, 3.63) is 47.9 Å². The van der Waals surface area contributed by atoms with Gasteiger partial charge in [0.05, 0.1) is 24.9 Å². The van der Waals surface area contributed by atoms with Crippen LogP contribution >= 0.6 is 0 Å². The van der Waals surface area contributed by atoms with Gasteiger partial charge in [0.25, 0.3) is 5.91 Å². The Labute approximate surface area is 140 Å². The van der Waals surface area contributed by atoms with Gasteiger partial charge >= 0.3 is 0 Å². The number of hydrogen-bond donors (Lipinski definition) is 1. The quantitative estimate of drug-likeness (QED) is 0.867. The molecule has 128 valence electrons. The first-order valence-electron chi connectivity index (χ1n) is 8.10. The van der Waals surface area contributed by atoms with Crippen molar-refractivity contribution < 1.29 is 18.7 Å². The van der Waals surface area contributed by atoms with Crippen LogP contribution in [-0.4, -0.2) is 41.2 Å². The molecule has 3 heterocycles. The third kappa shape index (κ3) is 3.98. The lowest BCUT2D eigenvalue weighted by molar-refractivity contribution is -0.0743. The van der Waals surface area contributed by atoms with Crippen LogP contribution in [0.2, 0.25) is 0 Å². The van der Waals surface area contributed by atoms with Crippen LogP contribution in [0.25, 0.3) is 0 Å². The number of aryl methyl sites for hydroxylation is 1. The van der Waals surface area contributed by atoms with Crippen molar-refractivity contribution >= 4 is 5.91 Å². The Balaban J connectivity index is 1.61. The number of pyridine rings is 1. The van der Waals surface area contributed by atoms with E-state index in [0.717, 1.165) is 5.69 Å². The molecule has 24 heavy (non-hydrogen) atoms. The maximum absolute atomic E-state index is 12.4. The average Bonchev–Trinajstić information content (AvgIpc) is 3.11. The predicted octanol–water partition coefficient (Wildman–Crippen LogP) is 1.74. The van der Waals surface area contributed by atoms with E-state index in [2.05, 4.69) is 15.3 Å². The molecule has 0 unspecified atom stereocenters. The molecule has 1 saturated heterocycles. The van der Waals surface area contributed by atoms with Gasteiger partial charge in [-0.25, -0.2) is 4.98 Å². The highest BCUT2D eigenvalue weighted by Crippen LogP contribution is 2.15. The van der Waals surface area contributed by atoms with Gasteiger partial charge in [-0.05, 0) is 18.6 Å². The van der Waals surface area contributed by atoms with Crippen molar-refractivity contribution in [1.29, 1.82) is 0 Å². The smallest absolute Gasteiger partial charge is 0.273 e. The summed E-state index contributed by atoms with van der Waals surface area (Å²) in [5, 5.41) is 3.00. The Hall–Kier alpha value is -2.25. The molecule has 7 heteroatoms. The van der Waals surface area contributed by atoms with E-state index in [1.807, 2.05) is 25.1 Å². The van der Waals surface area contributed by atoms with Crippen LogP contribution in [0.4, 0.5) is 0 Å². The fourth-order valence-corrected chi connectivity index (χ4v) is 2.66. The molecule has 7 nitrogen and oxygen atoms in total. The number of carbonyl (C=O) groups is 1. The van der Waals surface area contributed by atoms with Gasteiger partial charge in [0.2, 0.25) is 0 Å². The SMILES string of the molecule is CCc1ocnc1C(=O)N[C@@H]1CCOC[C@H]1OCc1ccccn1. The molecule has 0 aliphatic carbocycles. The van der Waals surface area contributed by atoms with Crippen molar-refractivity contribution in [2.75, 3.05) is 13.2 Å². The zero-order valence-electron chi connectivity index (χ0n) is 13.6. The first-order chi connectivity index (χ1) is 11.8. The van der Waals surface area contributed by atoms with Gasteiger partial charge in [-0.15, -0.1) is 0 Å². The zero-order valence-corrected chi connectivity index (χ0v) is 13.6. The molecule has 3 rings (SSSR count). The van der Waals surface area contributed by atoms with E-state index < -0.39 is 0 Å². The molecule has 0 bridgehead atoms. The molecule has 1 amide bonds. The minimum Gasteiger partial charge on any atom is -0.448 e. The Bertz CT molecular complexity index is 659. The highest BCUT2D eigenvalue weighted by atomic mass is 16.5. The number of carbonyl (C=O) groups excluding carboxylic acids is 1. The number of nitrogens with one attached hydrogen (secondary N) is 1. The van der Waals surface area contributed by atoms with Gasteiger partial charge in [-0.1, -0.05) is 13.0 Å². The highest BCUT2D eigenvalue weighted by molar-refractivity contribution is 5.93. The maximum Gasteiger partial charge on any atom is 0.273 e. The van der Waals surface area contributed by atoms with E-state index in [0.29, 0.717) is 44.1 Å². The van der Waals surface area contributed by atoms with Crippen molar-refractivity contribution in [2.24, 2.45) is 0 Å². The molecule has 0 saturated carbocycles.